The first-order chi connectivity index (χ1) is 10.9. The standard InChI is InChI=1S/C17H17NO5/c1-9(2)13-14(16(20)21)12(8-19)18-15(13)10-4-6-11(7-5-10)17(22)23-3/h4-9,18H,1-3H3,(H,20,21). The molecule has 0 saturated carbocycles. The lowest BCUT2D eigenvalue weighted by molar-refractivity contribution is 0.0599. The summed E-state index contributed by atoms with van der Waals surface area (Å²) in [7, 11) is 1.30. The van der Waals surface area contributed by atoms with Crippen molar-refractivity contribution in [2.45, 2.75) is 19.8 Å². The molecule has 6 nitrogen and oxygen atoms in total. The average molecular weight is 315 g/mol. The molecule has 0 aliphatic rings. The van der Waals surface area contributed by atoms with Crippen molar-refractivity contribution in [1.82, 2.24) is 4.98 Å². The van der Waals surface area contributed by atoms with Crippen molar-refractivity contribution in [3.05, 3.63) is 46.6 Å². The fraction of sp³-hybridized carbons (Fsp3) is 0.235. The number of aromatic nitrogens is 1. The van der Waals surface area contributed by atoms with Gasteiger partial charge in [0.05, 0.1) is 29.6 Å². The summed E-state index contributed by atoms with van der Waals surface area (Å²) >= 11 is 0. The maximum atomic E-state index is 11.5. The minimum Gasteiger partial charge on any atom is -0.478 e. The normalized spacial score (nSPS) is 10.6. The number of carboxylic acid groups (broad SMARTS) is 1. The highest BCUT2D eigenvalue weighted by Crippen LogP contribution is 2.33. The third-order valence-corrected chi connectivity index (χ3v) is 3.57. The van der Waals surface area contributed by atoms with Gasteiger partial charge in [0.1, 0.15) is 0 Å². The number of aldehydes is 1. The van der Waals surface area contributed by atoms with E-state index in [1.807, 2.05) is 13.8 Å². The molecule has 2 N–H and O–H groups in total. The molecule has 120 valence electrons. The predicted octanol–water partition coefficient (Wildman–Crippen LogP) is 3.10. The van der Waals surface area contributed by atoms with E-state index in [-0.39, 0.29) is 17.2 Å². The molecule has 0 atom stereocenters. The Morgan fingerprint density at radius 3 is 2.26 bits per heavy atom. The molecular weight excluding hydrogens is 298 g/mol. The highest BCUT2D eigenvalue weighted by molar-refractivity contribution is 6.00. The maximum Gasteiger partial charge on any atom is 0.338 e. The number of carbonyl (C=O) groups excluding carboxylic acids is 2. The monoisotopic (exact) mass is 315 g/mol. The quantitative estimate of drug-likeness (QED) is 0.653. The molecule has 6 heteroatoms. The van der Waals surface area contributed by atoms with Gasteiger partial charge in [0.15, 0.2) is 6.29 Å². The van der Waals surface area contributed by atoms with Gasteiger partial charge in [0.25, 0.3) is 0 Å². The number of carboxylic acids is 1. The molecule has 2 aromatic rings. The molecule has 0 aliphatic carbocycles. The zero-order chi connectivity index (χ0) is 17.1. The lowest BCUT2D eigenvalue weighted by atomic mass is 9.94. The number of rotatable bonds is 5. The lowest BCUT2D eigenvalue weighted by Gasteiger charge is -2.10. The van der Waals surface area contributed by atoms with Crippen LogP contribution in [0.15, 0.2) is 24.3 Å². The van der Waals surface area contributed by atoms with E-state index < -0.39 is 11.9 Å². The first-order valence-corrected chi connectivity index (χ1v) is 7.03. The van der Waals surface area contributed by atoms with Crippen LogP contribution in [0.4, 0.5) is 0 Å². The van der Waals surface area contributed by atoms with Crippen molar-refractivity contribution >= 4 is 18.2 Å². The summed E-state index contributed by atoms with van der Waals surface area (Å²) < 4.78 is 4.65. The van der Waals surface area contributed by atoms with Crippen LogP contribution in [0.5, 0.6) is 0 Å². The number of hydrogen-bond acceptors (Lipinski definition) is 4. The van der Waals surface area contributed by atoms with Gasteiger partial charge in [-0.2, -0.15) is 0 Å². The van der Waals surface area contributed by atoms with Crippen molar-refractivity contribution in [3.8, 4) is 11.3 Å². The third-order valence-electron chi connectivity index (χ3n) is 3.57. The second-order valence-corrected chi connectivity index (χ2v) is 5.35. The molecule has 1 heterocycles. The molecule has 0 fully saturated rings. The van der Waals surface area contributed by atoms with Crippen LogP contribution in [0.1, 0.15) is 56.5 Å². The summed E-state index contributed by atoms with van der Waals surface area (Å²) in [6, 6.07) is 6.55. The number of methoxy groups -OCH3 is 1. The number of esters is 1. The van der Waals surface area contributed by atoms with Crippen LogP contribution in [-0.2, 0) is 4.74 Å². The SMILES string of the molecule is COC(=O)c1ccc(-c2[nH]c(C=O)c(C(=O)O)c2C(C)C)cc1. The van der Waals surface area contributed by atoms with Crippen LogP contribution < -0.4 is 0 Å². The molecule has 0 saturated heterocycles. The summed E-state index contributed by atoms with van der Waals surface area (Å²) in [5, 5.41) is 9.40. The van der Waals surface area contributed by atoms with E-state index in [1.54, 1.807) is 24.3 Å². The van der Waals surface area contributed by atoms with Gasteiger partial charge in [-0.3, -0.25) is 4.79 Å². The van der Waals surface area contributed by atoms with Crippen LogP contribution in [0, 0.1) is 0 Å². The van der Waals surface area contributed by atoms with Crippen LogP contribution in [-0.4, -0.2) is 35.4 Å². The largest absolute Gasteiger partial charge is 0.478 e. The van der Waals surface area contributed by atoms with E-state index in [1.165, 1.54) is 7.11 Å². The maximum absolute atomic E-state index is 11.5. The number of ether oxygens (including phenoxy) is 1. The smallest absolute Gasteiger partial charge is 0.338 e. The number of carbonyl (C=O) groups is 3. The van der Waals surface area contributed by atoms with Gasteiger partial charge in [-0.1, -0.05) is 26.0 Å². The predicted molar refractivity (Wildman–Crippen MR) is 84.0 cm³/mol. The highest BCUT2D eigenvalue weighted by atomic mass is 16.5. The summed E-state index contributed by atoms with van der Waals surface area (Å²) in [5.74, 6) is -1.70. The van der Waals surface area contributed by atoms with Crippen LogP contribution >= 0.6 is 0 Å². The summed E-state index contributed by atoms with van der Waals surface area (Å²) in [4.78, 5) is 37.0. The molecule has 23 heavy (non-hydrogen) atoms. The Kier molecular flexibility index (Phi) is 4.64. The second kappa shape index (κ2) is 6.48. The van der Waals surface area contributed by atoms with E-state index in [0.29, 0.717) is 28.7 Å². The van der Waals surface area contributed by atoms with E-state index in [2.05, 4.69) is 9.72 Å². The van der Waals surface area contributed by atoms with Gasteiger partial charge in [-0.05, 0) is 29.2 Å². The summed E-state index contributed by atoms with van der Waals surface area (Å²) in [5.41, 5.74) is 2.23. The van der Waals surface area contributed by atoms with Gasteiger partial charge in [-0.25, -0.2) is 9.59 Å². The van der Waals surface area contributed by atoms with E-state index in [0.717, 1.165) is 0 Å². The topological polar surface area (TPSA) is 96.5 Å². The van der Waals surface area contributed by atoms with E-state index in [4.69, 9.17) is 0 Å². The summed E-state index contributed by atoms with van der Waals surface area (Å²) in [6.45, 7) is 3.72. The fourth-order valence-corrected chi connectivity index (χ4v) is 2.55. The Labute approximate surface area is 133 Å². The Morgan fingerprint density at radius 2 is 1.83 bits per heavy atom. The van der Waals surface area contributed by atoms with Crippen molar-refractivity contribution in [3.63, 3.8) is 0 Å². The molecule has 0 aliphatic heterocycles. The number of H-pyrrole nitrogens is 1. The molecular formula is C17H17NO5. The zero-order valence-electron chi connectivity index (χ0n) is 13.0. The van der Waals surface area contributed by atoms with Crippen molar-refractivity contribution in [2.24, 2.45) is 0 Å². The number of nitrogens with one attached hydrogen (secondary N) is 1. The molecule has 2 rings (SSSR count). The molecule has 0 amide bonds. The first kappa shape index (κ1) is 16.5. The van der Waals surface area contributed by atoms with Crippen LogP contribution in [0.2, 0.25) is 0 Å². The average Bonchev–Trinajstić information content (AvgIpc) is 2.94. The Hall–Kier alpha value is -2.89. The Balaban J connectivity index is 2.61. The molecule has 1 aromatic carbocycles. The van der Waals surface area contributed by atoms with Gasteiger partial charge in [-0.15, -0.1) is 0 Å². The molecule has 1 aromatic heterocycles. The lowest BCUT2D eigenvalue weighted by Crippen LogP contribution is -2.04. The van der Waals surface area contributed by atoms with Crippen molar-refractivity contribution in [2.75, 3.05) is 7.11 Å². The van der Waals surface area contributed by atoms with Gasteiger partial charge in [0.2, 0.25) is 0 Å². The first-order valence-electron chi connectivity index (χ1n) is 7.03. The highest BCUT2D eigenvalue weighted by Gasteiger charge is 2.25. The Morgan fingerprint density at radius 1 is 1.22 bits per heavy atom. The van der Waals surface area contributed by atoms with Crippen molar-refractivity contribution in [1.29, 1.82) is 0 Å². The zero-order valence-corrected chi connectivity index (χ0v) is 13.0. The molecule has 0 spiro atoms. The van der Waals surface area contributed by atoms with Gasteiger partial charge in [0, 0.05) is 0 Å². The fourth-order valence-electron chi connectivity index (χ4n) is 2.55. The Bertz CT molecular complexity index is 756. The molecule has 0 radical (unpaired) electrons. The number of aromatic carboxylic acids is 1. The number of hydrogen-bond donors (Lipinski definition) is 2. The van der Waals surface area contributed by atoms with E-state index in [9.17, 15) is 19.5 Å². The van der Waals surface area contributed by atoms with Crippen LogP contribution in [0.3, 0.4) is 0 Å². The van der Waals surface area contributed by atoms with E-state index >= 15 is 0 Å². The minimum atomic E-state index is -1.15. The number of benzene rings is 1. The van der Waals surface area contributed by atoms with Crippen molar-refractivity contribution < 1.29 is 24.2 Å². The van der Waals surface area contributed by atoms with Crippen LogP contribution in [0.25, 0.3) is 11.3 Å². The molecule has 0 bridgehead atoms. The van der Waals surface area contributed by atoms with Gasteiger partial charge >= 0.3 is 11.9 Å². The minimum absolute atomic E-state index is 0.0120. The second-order valence-electron chi connectivity index (χ2n) is 5.35. The summed E-state index contributed by atoms with van der Waals surface area (Å²) in [6.07, 6.45) is 0.502. The molecule has 0 unspecified atom stereocenters. The number of aromatic amines is 1. The third kappa shape index (κ3) is 3.01. The van der Waals surface area contributed by atoms with Gasteiger partial charge < -0.3 is 14.8 Å².